The fraction of sp³-hybridized carbons (Fsp3) is 0.143. The van der Waals surface area contributed by atoms with E-state index in [-0.39, 0.29) is 15.8 Å². The van der Waals surface area contributed by atoms with Crippen LogP contribution in [0.25, 0.3) is 0 Å². The maximum absolute atomic E-state index is 12.8. The second-order valence-corrected chi connectivity index (χ2v) is 2.90. The molecule has 0 saturated heterocycles. The average molecular weight is 250 g/mol. The predicted molar refractivity (Wildman–Crippen MR) is 45.4 cm³/mol. The molecular weight excluding hydrogens is 245 g/mol. The van der Waals surface area contributed by atoms with E-state index >= 15 is 0 Å². The topological polar surface area (TPSA) is 59.4 Å². The van der Waals surface area contributed by atoms with Crippen molar-refractivity contribution in [1.29, 1.82) is 0 Å². The number of ether oxygens (including phenoxy) is 1. The van der Waals surface area contributed by atoms with Crippen LogP contribution in [0.2, 0.25) is 0 Å². The fourth-order valence-electron chi connectivity index (χ4n) is 0.802. The van der Waals surface area contributed by atoms with Crippen LogP contribution in [-0.4, -0.2) is 23.2 Å². The van der Waals surface area contributed by atoms with Crippen LogP contribution in [0, 0.1) is 5.95 Å². The summed E-state index contributed by atoms with van der Waals surface area (Å²) < 4.78 is 17.3. The first kappa shape index (κ1) is 9.91. The Kier molecular flexibility index (Phi) is 2.82. The molecule has 0 spiro atoms. The maximum atomic E-state index is 12.8. The van der Waals surface area contributed by atoms with E-state index in [0.717, 1.165) is 6.20 Å². The van der Waals surface area contributed by atoms with Gasteiger partial charge in [0.25, 0.3) is 0 Å². The molecule has 0 aliphatic carbocycles. The van der Waals surface area contributed by atoms with Crippen molar-refractivity contribution in [1.82, 2.24) is 4.98 Å². The zero-order valence-corrected chi connectivity index (χ0v) is 8.13. The second kappa shape index (κ2) is 3.69. The van der Waals surface area contributed by atoms with E-state index in [0.29, 0.717) is 0 Å². The number of aromatic carboxylic acids is 1. The smallest absolute Gasteiger partial charge is 0.340 e. The van der Waals surface area contributed by atoms with Crippen LogP contribution < -0.4 is 4.74 Å². The number of pyridine rings is 1. The van der Waals surface area contributed by atoms with Crippen molar-refractivity contribution in [2.75, 3.05) is 7.11 Å². The van der Waals surface area contributed by atoms with Gasteiger partial charge in [0.15, 0.2) is 5.75 Å². The van der Waals surface area contributed by atoms with Gasteiger partial charge in [0.2, 0.25) is 5.95 Å². The molecule has 1 N–H and O–H groups in total. The van der Waals surface area contributed by atoms with Gasteiger partial charge >= 0.3 is 5.97 Å². The van der Waals surface area contributed by atoms with Gasteiger partial charge in [0.1, 0.15) is 5.56 Å². The zero-order valence-electron chi connectivity index (χ0n) is 6.54. The lowest BCUT2D eigenvalue weighted by atomic mass is 10.2. The molecule has 1 heterocycles. The Hall–Kier alpha value is -1.17. The molecule has 1 aromatic heterocycles. The molecule has 4 nitrogen and oxygen atoms in total. The Morgan fingerprint density at radius 1 is 1.77 bits per heavy atom. The molecule has 6 heteroatoms. The standard InChI is InChI=1S/C7H5BrFNO3/c1-13-3-2-10-6(9)5(8)4(3)7(11)12/h2H,1H3,(H,11,12). The maximum Gasteiger partial charge on any atom is 0.340 e. The third-order valence-electron chi connectivity index (χ3n) is 1.38. The number of halogens is 2. The number of carboxylic acid groups (broad SMARTS) is 1. The van der Waals surface area contributed by atoms with E-state index < -0.39 is 11.9 Å². The third-order valence-corrected chi connectivity index (χ3v) is 2.10. The summed E-state index contributed by atoms with van der Waals surface area (Å²) in [7, 11) is 1.29. The SMILES string of the molecule is COc1cnc(F)c(Br)c1C(=O)O. The molecule has 0 atom stereocenters. The minimum absolute atomic E-state index is 0.0146. The molecule has 13 heavy (non-hydrogen) atoms. The highest BCUT2D eigenvalue weighted by Crippen LogP contribution is 2.27. The van der Waals surface area contributed by atoms with E-state index in [1.807, 2.05) is 0 Å². The highest BCUT2D eigenvalue weighted by molar-refractivity contribution is 9.10. The van der Waals surface area contributed by atoms with E-state index in [9.17, 15) is 9.18 Å². The van der Waals surface area contributed by atoms with Crippen molar-refractivity contribution in [3.05, 3.63) is 22.2 Å². The summed E-state index contributed by atoms with van der Waals surface area (Å²) in [4.78, 5) is 13.9. The Bertz CT molecular complexity index is 356. The van der Waals surface area contributed by atoms with Gasteiger partial charge < -0.3 is 9.84 Å². The normalized spacial score (nSPS) is 9.77. The quantitative estimate of drug-likeness (QED) is 0.811. The minimum atomic E-state index is -1.27. The molecule has 0 radical (unpaired) electrons. The number of rotatable bonds is 2. The summed E-state index contributed by atoms with van der Waals surface area (Å²) in [6, 6.07) is 0. The summed E-state index contributed by atoms with van der Waals surface area (Å²) in [6.07, 6.45) is 1.02. The van der Waals surface area contributed by atoms with E-state index in [4.69, 9.17) is 9.84 Å². The van der Waals surface area contributed by atoms with E-state index in [1.165, 1.54) is 7.11 Å². The molecule has 70 valence electrons. The molecule has 0 unspecified atom stereocenters. The molecule has 1 aromatic rings. The Morgan fingerprint density at radius 2 is 2.38 bits per heavy atom. The number of nitrogens with zero attached hydrogens (tertiary/aromatic N) is 1. The molecular formula is C7H5BrFNO3. The molecule has 0 aliphatic rings. The molecule has 0 bridgehead atoms. The van der Waals surface area contributed by atoms with Crippen molar-refractivity contribution < 1.29 is 19.0 Å². The first-order valence-corrected chi connectivity index (χ1v) is 3.98. The van der Waals surface area contributed by atoms with Crippen LogP contribution in [0.4, 0.5) is 4.39 Å². The van der Waals surface area contributed by atoms with Gasteiger partial charge in [-0.25, -0.2) is 9.78 Å². The number of carbonyl (C=O) groups is 1. The summed E-state index contributed by atoms with van der Waals surface area (Å²) in [5.41, 5.74) is -0.269. The van der Waals surface area contributed by atoms with Gasteiger partial charge in [-0.3, -0.25) is 0 Å². The number of aromatic nitrogens is 1. The van der Waals surface area contributed by atoms with Gasteiger partial charge in [-0.1, -0.05) is 0 Å². The largest absolute Gasteiger partial charge is 0.494 e. The van der Waals surface area contributed by atoms with Crippen molar-refractivity contribution >= 4 is 21.9 Å². The lowest BCUT2D eigenvalue weighted by Gasteiger charge is -2.05. The molecule has 0 aliphatic heterocycles. The molecule has 0 aromatic carbocycles. The zero-order chi connectivity index (χ0) is 10.0. The summed E-state index contributed by atoms with van der Waals surface area (Å²) in [5, 5.41) is 8.70. The van der Waals surface area contributed by atoms with Crippen LogP contribution in [0.3, 0.4) is 0 Å². The van der Waals surface area contributed by atoms with Crippen molar-refractivity contribution in [3.63, 3.8) is 0 Å². The number of hydrogen-bond acceptors (Lipinski definition) is 3. The Balaban J connectivity index is 3.41. The first-order chi connectivity index (χ1) is 6.07. The molecule has 0 fully saturated rings. The van der Waals surface area contributed by atoms with Gasteiger partial charge in [-0.15, -0.1) is 0 Å². The molecule has 1 rings (SSSR count). The van der Waals surface area contributed by atoms with Crippen LogP contribution in [-0.2, 0) is 0 Å². The van der Waals surface area contributed by atoms with Gasteiger partial charge in [0.05, 0.1) is 17.8 Å². The van der Waals surface area contributed by atoms with Crippen LogP contribution >= 0.6 is 15.9 Å². The fourth-order valence-corrected chi connectivity index (χ4v) is 1.27. The highest BCUT2D eigenvalue weighted by Gasteiger charge is 2.19. The van der Waals surface area contributed by atoms with Gasteiger partial charge in [-0.2, -0.15) is 4.39 Å². The lowest BCUT2D eigenvalue weighted by molar-refractivity contribution is 0.0691. The lowest BCUT2D eigenvalue weighted by Crippen LogP contribution is -2.04. The van der Waals surface area contributed by atoms with Crippen LogP contribution in [0.1, 0.15) is 10.4 Å². The summed E-state index contributed by atoms with van der Waals surface area (Å²) in [5.74, 6) is -2.14. The summed E-state index contributed by atoms with van der Waals surface area (Å²) in [6.45, 7) is 0. The average Bonchev–Trinajstić information content (AvgIpc) is 2.08. The van der Waals surface area contributed by atoms with E-state index in [2.05, 4.69) is 20.9 Å². The first-order valence-electron chi connectivity index (χ1n) is 3.19. The predicted octanol–water partition coefficient (Wildman–Crippen LogP) is 1.69. The second-order valence-electron chi connectivity index (χ2n) is 2.11. The monoisotopic (exact) mass is 249 g/mol. The summed E-state index contributed by atoms with van der Waals surface area (Å²) >= 11 is 2.77. The highest BCUT2D eigenvalue weighted by atomic mass is 79.9. The van der Waals surface area contributed by atoms with Gasteiger partial charge in [-0.05, 0) is 15.9 Å². The number of methoxy groups -OCH3 is 1. The molecule has 0 amide bonds. The van der Waals surface area contributed by atoms with Crippen molar-refractivity contribution in [2.45, 2.75) is 0 Å². The van der Waals surface area contributed by atoms with Crippen LogP contribution in [0.15, 0.2) is 10.7 Å². The minimum Gasteiger partial charge on any atom is -0.494 e. The number of carboxylic acids is 1. The van der Waals surface area contributed by atoms with E-state index in [1.54, 1.807) is 0 Å². The Morgan fingerprint density at radius 3 is 2.85 bits per heavy atom. The van der Waals surface area contributed by atoms with Crippen LogP contribution in [0.5, 0.6) is 5.75 Å². The van der Waals surface area contributed by atoms with Gasteiger partial charge in [0, 0.05) is 0 Å². The molecule has 0 saturated carbocycles. The Labute approximate surface area is 81.5 Å². The number of hydrogen-bond donors (Lipinski definition) is 1. The van der Waals surface area contributed by atoms with Crippen molar-refractivity contribution in [3.8, 4) is 5.75 Å². The third kappa shape index (κ3) is 1.77. The van der Waals surface area contributed by atoms with Crippen molar-refractivity contribution in [2.24, 2.45) is 0 Å².